The summed E-state index contributed by atoms with van der Waals surface area (Å²) in [5.74, 6) is -1.51. The number of carbonyl (C=O) groups is 3. The summed E-state index contributed by atoms with van der Waals surface area (Å²) in [6, 6.07) is 6.11. The molecule has 12 nitrogen and oxygen atoms in total. The second-order valence-electron chi connectivity index (χ2n) is 9.68. The standard InChI is InChI=1S/C24H36N6O6S.ClH/c25-23(26)27-13-8-21(32)30-16-11-24(12-17-30)9-14-29(15-10-24)20(31)7-6-19(22(33)34)28-37(35,36)18-4-2-1-3-5-18;/h1-5,19,28H,6-17H2,(H,33,34)(H4,25,26,27);1H/t19-;/m0./s1. The lowest BCUT2D eigenvalue weighted by Gasteiger charge is -2.47. The molecular weight excluding hydrogens is 536 g/mol. The van der Waals surface area contributed by atoms with Crippen LogP contribution in [0.5, 0.6) is 0 Å². The predicted molar refractivity (Wildman–Crippen MR) is 144 cm³/mol. The van der Waals surface area contributed by atoms with Gasteiger partial charge in [0.25, 0.3) is 0 Å². The maximum Gasteiger partial charge on any atom is 0.321 e. The molecule has 6 N–H and O–H groups in total. The third-order valence-corrected chi connectivity index (χ3v) is 8.76. The molecule has 38 heavy (non-hydrogen) atoms. The first kappa shape index (κ1) is 31.3. The van der Waals surface area contributed by atoms with Crippen molar-refractivity contribution in [2.45, 2.75) is 55.9 Å². The summed E-state index contributed by atoms with van der Waals surface area (Å²) >= 11 is 0. The van der Waals surface area contributed by atoms with E-state index in [4.69, 9.17) is 11.5 Å². The van der Waals surface area contributed by atoms with Crippen LogP contribution in [0.25, 0.3) is 0 Å². The van der Waals surface area contributed by atoms with Gasteiger partial charge in [-0.2, -0.15) is 4.72 Å². The van der Waals surface area contributed by atoms with Gasteiger partial charge >= 0.3 is 5.97 Å². The zero-order chi connectivity index (χ0) is 27.1. The molecule has 0 bridgehead atoms. The molecule has 0 saturated carbocycles. The molecule has 1 atom stereocenters. The van der Waals surface area contributed by atoms with Gasteiger partial charge in [-0.3, -0.25) is 19.4 Å². The topological polar surface area (TPSA) is 188 Å². The van der Waals surface area contributed by atoms with E-state index in [0.717, 1.165) is 25.7 Å². The number of amides is 2. The van der Waals surface area contributed by atoms with Crippen LogP contribution in [0.3, 0.4) is 0 Å². The van der Waals surface area contributed by atoms with Crippen LogP contribution in [0.2, 0.25) is 0 Å². The minimum Gasteiger partial charge on any atom is -0.480 e. The minimum atomic E-state index is -4.02. The van der Waals surface area contributed by atoms with Crippen LogP contribution in [0.4, 0.5) is 0 Å². The smallest absolute Gasteiger partial charge is 0.321 e. The molecule has 14 heteroatoms. The summed E-state index contributed by atoms with van der Waals surface area (Å²) in [6.45, 7) is 2.72. The molecule has 3 rings (SSSR count). The van der Waals surface area contributed by atoms with Crippen LogP contribution in [0.1, 0.15) is 44.9 Å². The average Bonchev–Trinajstić information content (AvgIpc) is 2.87. The summed E-state index contributed by atoms with van der Waals surface area (Å²) in [5.41, 5.74) is 10.7. The van der Waals surface area contributed by atoms with Crippen LogP contribution >= 0.6 is 12.4 Å². The van der Waals surface area contributed by atoms with E-state index < -0.39 is 22.0 Å². The van der Waals surface area contributed by atoms with Crippen molar-refractivity contribution >= 4 is 46.2 Å². The molecule has 2 saturated heterocycles. The largest absolute Gasteiger partial charge is 0.480 e. The normalized spacial score (nSPS) is 17.8. The van der Waals surface area contributed by atoms with Crippen LogP contribution in [-0.2, 0) is 24.4 Å². The van der Waals surface area contributed by atoms with Crippen molar-refractivity contribution in [3.05, 3.63) is 30.3 Å². The number of aliphatic carboxylic acids is 1. The van der Waals surface area contributed by atoms with E-state index >= 15 is 0 Å². The van der Waals surface area contributed by atoms with Crippen molar-refractivity contribution in [2.24, 2.45) is 21.9 Å². The molecule has 0 radical (unpaired) electrons. The molecule has 2 fully saturated rings. The highest BCUT2D eigenvalue weighted by Crippen LogP contribution is 2.41. The van der Waals surface area contributed by atoms with Crippen molar-refractivity contribution in [2.75, 3.05) is 32.7 Å². The highest BCUT2D eigenvalue weighted by molar-refractivity contribution is 7.89. The lowest BCUT2D eigenvalue weighted by atomic mass is 9.71. The third kappa shape index (κ3) is 8.57. The lowest BCUT2D eigenvalue weighted by molar-refractivity contribution is -0.139. The maximum absolute atomic E-state index is 12.8. The Morgan fingerprint density at radius 3 is 1.92 bits per heavy atom. The SMILES string of the molecule is Cl.NC(N)=NCCC(=O)N1CCC2(CC1)CCN(C(=O)CC[C@H](NS(=O)(=O)c1ccccc1)C(=O)O)CC2. The molecule has 0 aromatic heterocycles. The molecule has 212 valence electrons. The molecule has 2 heterocycles. The zero-order valence-electron chi connectivity index (χ0n) is 21.3. The van der Waals surface area contributed by atoms with E-state index in [1.807, 2.05) is 4.90 Å². The van der Waals surface area contributed by atoms with Gasteiger partial charge in [-0.15, -0.1) is 12.4 Å². The van der Waals surface area contributed by atoms with Gasteiger partial charge in [-0.05, 0) is 49.7 Å². The maximum atomic E-state index is 12.8. The van der Waals surface area contributed by atoms with Crippen LogP contribution in [-0.4, -0.2) is 85.8 Å². The number of nitrogens with zero attached hydrogens (tertiary/aromatic N) is 3. The number of benzene rings is 1. The Morgan fingerprint density at radius 1 is 0.947 bits per heavy atom. The third-order valence-electron chi connectivity index (χ3n) is 7.27. The summed E-state index contributed by atoms with van der Waals surface area (Å²) in [5, 5.41) is 9.51. The van der Waals surface area contributed by atoms with E-state index in [0.29, 0.717) is 26.2 Å². The van der Waals surface area contributed by atoms with E-state index in [2.05, 4.69) is 9.71 Å². The number of carboxylic acid groups (broad SMARTS) is 1. The fraction of sp³-hybridized carbons (Fsp3) is 0.583. The van der Waals surface area contributed by atoms with Crippen LogP contribution in [0.15, 0.2) is 40.2 Å². The van der Waals surface area contributed by atoms with Gasteiger partial charge < -0.3 is 26.4 Å². The number of aliphatic imine (C=N–C) groups is 1. The number of sulfonamides is 1. The molecule has 2 amide bonds. The average molecular weight is 573 g/mol. The van der Waals surface area contributed by atoms with Gasteiger partial charge in [0.1, 0.15) is 6.04 Å². The summed E-state index contributed by atoms with van der Waals surface area (Å²) in [6.07, 6.45) is 3.43. The molecule has 0 aliphatic carbocycles. The first-order chi connectivity index (χ1) is 17.5. The Hall–Kier alpha value is -2.90. The predicted octanol–water partition coefficient (Wildman–Crippen LogP) is 0.515. The Kier molecular flexibility index (Phi) is 11.3. The molecule has 1 aromatic rings. The fourth-order valence-electron chi connectivity index (χ4n) is 4.91. The molecule has 2 aliphatic rings. The van der Waals surface area contributed by atoms with Crippen LogP contribution < -0.4 is 16.2 Å². The Morgan fingerprint density at radius 2 is 1.45 bits per heavy atom. The molecular formula is C24H37ClN6O6S. The van der Waals surface area contributed by atoms with Crippen molar-refractivity contribution in [1.82, 2.24) is 14.5 Å². The van der Waals surface area contributed by atoms with Crippen LogP contribution in [0, 0.1) is 5.41 Å². The van der Waals surface area contributed by atoms with Crippen molar-refractivity contribution in [3.8, 4) is 0 Å². The number of carboxylic acids is 1. The van der Waals surface area contributed by atoms with Crippen molar-refractivity contribution in [3.63, 3.8) is 0 Å². The van der Waals surface area contributed by atoms with E-state index in [1.54, 1.807) is 23.1 Å². The van der Waals surface area contributed by atoms with E-state index in [9.17, 15) is 27.9 Å². The van der Waals surface area contributed by atoms with Gasteiger partial charge in [0.05, 0.1) is 11.4 Å². The van der Waals surface area contributed by atoms with Gasteiger partial charge in [0, 0.05) is 39.0 Å². The summed E-state index contributed by atoms with van der Waals surface area (Å²) in [7, 11) is -4.02. The summed E-state index contributed by atoms with van der Waals surface area (Å²) in [4.78, 5) is 44.2. The Labute approximate surface area is 229 Å². The van der Waals surface area contributed by atoms with Gasteiger partial charge in [-0.1, -0.05) is 18.2 Å². The first-order valence-electron chi connectivity index (χ1n) is 12.4. The number of guanidine groups is 1. The molecule has 2 aliphatic heterocycles. The van der Waals surface area contributed by atoms with Crippen molar-refractivity contribution < 1.29 is 27.9 Å². The number of piperidine rings is 2. The number of likely N-dealkylation sites (tertiary alicyclic amines) is 2. The number of halogens is 1. The summed E-state index contributed by atoms with van der Waals surface area (Å²) < 4.78 is 27.2. The highest BCUT2D eigenvalue weighted by atomic mass is 35.5. The minimum absolute atomic E-state index is 0. The first-order valence-corrected chi connectivity index (χ1v) is 13.9. The monoisotopic (exact) mass is 572 g/mol. The Balaban J connectivity index is 0.00000507. The number of nitrogens with two attached hydrogens (primary N) is 2. The second kappa shape index (κ2) is 13.8. The molecule has 1 spiro atoms. The number of hydrogen-bond acceptors (Lipinski definition) is 6. The second-order valence-corrected chi connectivity index (χ2v) is 11.4. The van der Waals surface area contributed by atoms with Gasteiger partial charge in [0.2, 0.25) is 21.8 Å². The molecule has 0 unspecified atom stereocenters. The zero-order valence-corrected chi connectivity index (χ0v) is 22.9. The van der Waals surface area contributed by atoms with E-state index in [1.165, 1.54) is 12.1 Å². The number of carbonyl (C=O) groups excluding carboxylic acids is 2. The highest BCUT2D eigenvalue weighted by Gasteiger charge is 2.39. The fourth-order valence-corrected chi connectivity index (χ4v) is 6.16. The molecule has 1 aromatic carbocycles. The Bertz CT molecular complexity index is 1090. The van der Waals surface area contributed by atoms with Crippen molar-refractivity contribution in [1.29, 1.82) is 0 Å². The van der Waals surface area contributed by atoms with Gasteiger partial charge in [0.15, 0.2) is 5.96 Å². The van der Waals surface area contributed by atoms with E-state index in [-0.39, 0.29) is 66.3 Å². The number of hydrogen-bond donors (Lipinski definition) is 4. The number of nitrogens with one attached hydrogen (secondary N) is 1. The van der Waals surface area contributed by atoms with Gasteiger partial charge in [-0.25, -0.2) is 8.42 Å². The quantitative estimate of drug-likeness (QED) is 0.230. The lowest BCUT2D eigenvalue weighted by Crippen LogP contribution is -2.49. The number of rotatable bonds is 10.